The van der Waals surface area contributed by atoms with E-state index in [1.54, 1.807) is 6.07 Å². The van der Waals surface area contributed by atoms with Gasteiger partial charge in [0.15, 0.2) is 0 Å². The van der Waals surface area contributed by atoms with Gasteiger partial charge in [-0.25, -0.2) is 4.98 Å². The second kappa shape index (κ2) is 7.45. The average Bonchev–Trinajstić information content (AvgIpc) is 2.62. The van der Waals surface area contributed by atoms with E-state index in [2.05, 4.69) is 45.7 Å². The Hall–Kier alpha value is -3.39. The van der Waals surface area contributed by atoms with Crippen molar-refractivity contribution >= 4 is 23.1 Å². The zero-order valence-corrected chi connectivity index (χ0v) is 14.2. The molecule has 25 heavy (non-hydrogen) atoms. The Morgan fingerprint density at radius 2 is 1.76 bits per heavy atom. The van der Waals surface area contributed by atoms with Crippen molar-refractivity contribution in [1.82, 2.24) is 9.97 Å². The predicted octanol–water partition coefficient (Wildman–Crippen LogP) is 4.71. The number of nitriles is 1. The third-order valence-corrected chi connectivity index (χ3v) is 3.78. The first kappa shape index (κ1) is 16.5. The molecule has 0 saturated heterocycles. The number of nitrogens with zero attached hydrogens (tertiary/aromatic N) is 3. The van der Waals surface area contributed by atoms with Crippen LogP contribution in [-0.2, 0) is 6.42 Å². The van der Waals surface area contributed by atoms with Gasteiger partial charge in [-0.3, -0.25) is 0 Å². The minimum absolute atomic E-state index is 0.454. The maximum absolute atomic E-state index is 9.20. The van der Waals surface area contributed by atoms with Crippen molar-refractivity contribution in [3.63, 3.8) is 0 Å². The van der Waals surface area contributed by atoms with Crippen LogP contribution < -0.4 is 10.6 Å². The van der Waals surface area contributed by atoms with Crippen LogP contribution in [0.25, 0.3) is 0 Å². The lowest BCUT2D eigenvalue weighted by Crippen LogP contribution is -2.03. The lowest BCUT2D eigenvalue weighted by molar-refractivity contribution is 1.10. The smallest absolute Gasteiger partial charge is 0.229 e. The summed E-state index contributed by atoms with van der Waals surface area (Å²) >= 11 is 0. The molecule has 0 bridgehead atoms. The monoisotopic (exact) mass is 329 g/mol. The van der Waals surface area contributed by atoms with Gasteiger partial charge in [0.25, 0.3) is 0 Å². The molecule has 0 aliphatic carbocycles. The number of hydrogen-bond acceptors (Lipinski definition) is 5. The largest absolute Gasteiger partial charge is 0.340 e. The lowest BCUT2D eigenvalue weighted by atomic mass is 10.1. The first-order valence-electron chi connectivity index (χ1n) is 8.15. The summed E-state index contributed by atoms with van der Waals surface area (Å²) in [5.41, 5.74) is 4.34. The zero-order chi connectivity index (χ0) is 17.6. The maximum atomic E-state index is 9.20. The van der Waals surface area contributed by atoms with Crippen LogP contribution in [0.15, 0.2) is 54.6 Å². The van der Waals surface area contributed by atoms with Gasteiger partial charge in [0, 0.05) is 17.4 Å². The highest BCUT2D eigenvalue weighted by Gasteiger charge is 2.06. The highest BCUT2D eigenvalue weighted by molar-refractivity contribution is 5.64. The average molecular weight is 329 g/mol. The third-order valence-electron chi connectivity index (χ3n) is 3.78. The van der Waals surface area contributed by atoms with Crippen molar-refractivity contribution in [2.75, 3.05) is 10.6 Å². The summed E-state index contributed by atoms with van der Waals surface area (Å²) < 4.78 is 0. The van der Waals surface area contributed by atoms with Crippen molar-refractivity contribution in [1.29, 1.82) is 5.26 Å². The predicted molar refractivity (Wildman–Crippen MR) is 100 cm³/mol. The maximum Gasteiger partial charge on any atom is 0.229 e. The lowest BCUT2D eigenvalue weighted by Gasteiger charge is -2.11. The first-order chi connectivity index (χ1) is 12.2. The van der Waals surface area contributed by atoms with E-state index in [-0.39, 0.29) is 0 Å². The van der Waals surface area contributed by atoms with Crippen LogP contribution in [0.5, 0.6) is 0 Å². The molecule has 0 unspecified atom stereocenters. The zero-order valence-electron chi connectivity index (χ0n) is 14.2. The number of anilines is 4. The molecule has 2 N–H and O–H groups in total. The number of aromatic nitrogens is 2. The summed E-state index contributed by atoms with van der Waals surface area (Å²) in [7, 11) is 0. The van der Waals surface area contributed by atoms with E-state index in [9.17, 15) is 5.26 Å². The number of nitrogens with one attached hydrogen (secondary N) is 2. The van der Waals surface area contributed by atoms with E-state index in [4.69, 9.17) is 0 Å². The van der Waals surface area contributed by atoms with Crippen LogP contribution in [0.3, 0.4) is 0 Å². The number of hydrogen-bond donors (Lipinski definition) is 2. The highest BCUT2D eigenvalue weighted by Crippen LogP contribution is 2.21. The second-order valence-corrected chi connectivity index (χ2v) is 5.68. The molecular weight excluding hydrogens is 310 g/mol. The van der Waals surface area contributed by atoms with Crippen LogP contribution in [-0.4, -0.2) is 9.97 Å². The molecule has 1 aromatic heterocycles. The SMILES string of the molecule is CCc1ccc(Nc2cc(C)nc(Nc3ccccc3C#N)n2)cc1. The van der Waals surface area contributed by atoms with Crippen LogP contribution in [0.1, 0.15) is 23.7 Å². The summed E-state index contributed by atoms with van der Waals surface area (Å²) in [6, 6.07) is 19.6. The quantitative estimate of drug-likeness (QED) is 0.709. The van der Waals surface area contributed by atoms with Gasteiger partial charge >= 0.3 is 0 Å². The van der Waals surface area contributed by atoms with Crippen LogP contribution in [0, 0.1) is 18.3 Å². The fourth-order valence-electron chi connectivity index (χ4n) is 2.47. The number of aryl methyl sites for hydroxylation is 2. The van der Waals surface area contributed by atoms with Crippen molar-refractivity contribution < 1.29 is 0 Å². The van der Waals surface area contributed by atoms with Gasteiger partial charge in [-0.15, -0.1) is 0 Å². The normalized spacial score (nSPS) is 10.1. The third kappa shape index (κ3) is 4.12. The summed E-state index contributed by atoms with van der Waals surface area (Å²) in [6.45, 7) is 4.04. The molecule has 124 valence electrons. The molecular formula is C20H19N5. The number of para-hydroxylation sites is 1. The van der Waals surface area contributed by atoms with Gasteiger partial charge in [-0.1, -0.05) is 31.2 Å². The first-order valence-corrected chi connectivity index (χ1v) is 8.15. The topological polar surface area (TPSA) is 73.6 Å². The van der Waals surface area contributed by atoms with E-state index in [0.29, 0.717) is 23.0 Å². The van der Waals surface area contributed by atoms with Crippen LogP contribution in [0.2, 0.25) is 0 Å². The van der Waals surface area contributed by atoms with Gasteiger partial charge in [0.05, 0.1) is 11.3 Å². The molecule has 0 aliphatic heterocycles. The molecule has 0 radical (unpaired) electrons. The second-order valence-electron chi connectivity index (χ2n) is 5.68. The van der Waals surface area contributed by atoms with E-state index >= 15 is 0 Å². The molecule has 3 aromatic rings. The summed E-state index contributed by atoms with van der Waals surface area (Å²) in [5.74, 6) is 1.16. The van der Waals surface area contributed by atoms with E-state index < -0.39 is 0 Å². The number of benzene rings is 2. The highest BCUT2D eigenvalue weighted by atomic mass is 15.1. The van der Waals surface area contributed by atoms with Crippen molar-refractivity contribution in [3.8, 4) is 6.07 Å². The Kier molecular flexibility index (Phi) is 4.91. The molecule has 3 rings (SSSR count). The van der Waals surface area contributed by atoms with E-state index in [1.165, 1.54) is 5.56 Å². The fraction of sp³-hybridized carbons (Fsp3) is 0.150. The van der Waals surface area contributed by atoms with Gasteiger partial charge in [0.1, 0.15) is 11.9 Å². The Morgan fingerprint density at radius 1 is 1.00 bits per heavy atom. The van der Waals surface area contributed by atoms with Crippen molar-refractivity contribution in [2.45, 2.75) is 20.3 Å². The van der Waals surface area contributed by atoms with E-state index in [1.807, 2.05) is 43.3 Å². The summed E-state index contributed by atoms with van der Waals surface area (Å²) in [5, 5.41) is 15.6. The molecule has 0 saturated carbocycles. The number of rotatable bonds is 5. The van der Waals surface area contributed by atoms with Gasteiger partial charge in [0.2, 0.25) is 5.95 Å². The van der Waals surface area contributed by atoms with Gasteiger partial charge in [-0.05, 0) is 43.2 Å². The van der Waals surface area contributed by atoms with Crippen molar-refractivity contribution in [3.05, 3.63) is 71.4 Å². The van der Waals surface area contributed by atoms with Gasteiger partial charge < -0.3 is 10.6 Å². The van der Waals surface area contributed by atoms with Crippen LogP contribution in [0.4, 0.5) is 23.1 Å². The fourth-order valence-corrected chi connectivity index (χ4v) is 2.47. The molecule has 1 heterocycles. The Bertz CT molecular complexity index is 910. The summed E-state index contributed by atoms with van der Waals surface area (Å²) in [6.07, 6.45) is 1.01. The Balaban J connectivity index is 1.83. The molecule has 0 amide bonds. The molecule has 2 aromatic carbocycles. The molecule has 0 aliphatic rings. The molecule has 0 spiro atoms. The van der Waals surface area contributed by atoms with E-state index in [0.717, 1.165) is 17.8 Å². The molecule has 0 fully saturated rings. The minimum Gasteiger partial charge on any atom is -0.340 e. The van der Waals surface area contributed by atoms with Crippen LogP contribution >= 0.6 is 0 Å². The molecule has 5 nitrogen and oxygen atoms in total. The molecule has 5 heteroatoms. The van der Waals surface area contributed by atoms with Gasteiger partial charge in [-0.2, -0.15) is 10.2 Å². The Labute approximate surface area is 147 Å². The minimum atomic E-state index is 0.454. The van der Waals surface area contributed by atoms with Crippen molar-refractivity contribution in [2.24, 2.45) is 0 Å². The summed E-state index contributed by atoms with van der Waals surface area (Å²) in [4.78, 5) is 8.90. The standard InChI is InChI=1S/C20H19N5/c1-3-15-8-10-17(11-9-15)23-19-12-14(2)22-20(25-19)24-18-7-5-4-6-16(18)13-21/h4-12H,3H2,1-2H3,(H2,22,23,24,25). The Morgan fingerprint density at radius 3 is 2.48 bits per heavy atom. The molecule has 0 atom stereocenters.